The Morgan fingerprint density at radius 2 is 1.90 bits per heavy atom. The van der Waals surface area contributed by atoms with Gasteiger partial charge in [-0.2, -0.15) is 0 Å². The summed E-state index contributed by atoms with van der Waals surface area (Å²) in [4.78, 5) is 23.2. The first kappa shape index (κ1) is 16.0. The molecule has 6 nitrogen and oxygen atoms in total. The number of nitrogens with one attached hydrogen (secondary N) is 1. The van der Waals surface area contributed by atoms with Crippen LogP contribution in [0.2, 0.25) is 0 Å². The van der Waals surface area contributed by atoms with E-state index in [2.05, 4.69) is 5.32 Å². The van der Waals surface area contributed by atoms with Crippen LogP contribution in [0, 0.1) is 0 Å². The van der Waals surface area contributed by atoms with Crippen molar-refractivity contribution in [1.29, 1.82) is 0 Å². The van der Waals surface area contributed by atoms with Gasteiger partial charge in [-0.15, -0.1) is 0 Å². The molecule has 0 aromatic heterocycles. The van der Waals surface area contributed by atoms with Gasteiger partial charge in [0.05, 0.1) is 6.10 Å². The summed E-state index contributed by atoms with van der Waals surface area (Å²) in [7, 11) is 0. The molecule has 0 spiro atoms. The molecule has 0 unspecified atom stereocenters. The van der Waals surface area contributed by atoms with Gasteiger partial charge >= 0.3 is 12.1 Å². The van der Waals surface area contributed by atoms with Crippen LogP contribution in [-0.2, 0) is 20.9 Å². The van der Waals surface area contributed by atoms with Crippen LogP contribution >= 0.6 is 0 Å². The zero-order valence-electron chi connectivity index (χ0n) is 11.7. The monoisotopic (exact) mass is 280 g/mol. The van der Waals surface area contributed by atoms with Crippen molar-refractivity contribution in [2.75, 3.05) is 6.54 Å². The topological polar surface area (TPSA) is 90.6 Å². The summed E-state index contributed by atoms with van der Waals surface area (Å²) in [5.74, 6) is -0.570. The van der Waals surface area contributed by atoms with Gasteiger partial charge in [0.1, 0.15) is 12.6 Å². The van der Waals surface area contributed by atoms with Crippen molar-refractivity contribution in [3.8, 4) is 0 Å². The molecule has 110 valence electrons. The number of esters is 1. The minimum absolute atomic E-state index is 0.0496. The molecule has 1 aromatic rings. The Balaban J connectivity index is 2.41. The third-order valence-electron chi connectivity index (χ3n) is 2.38. The van der Waals surface area contributed by atoms with Crippen LogP contribution in [0.15, 0.2) is 30.3 Å². The predicted molar refractivity (Wildman–Crippen MR) is 73.8 cm³/mol. The molecular weight excluding hydrogens is 260 g/mol. The Morgan fingerprint density at radius 1 is 1.25 bits per heavy atom. The van der Waals surface area contributed by atoms with Gasteiger partial charge in [-0.3, -0.25) is 0 Å². The van der Waals surface area contributed by atoms with Crippen LogP contribution in [0.5, 0.6) is 0 Å². The Labute approximate surface area is 118 Å². The van der Waals surface area contributed by atoms with Crippen molar-refractivity contribution in [1.82, 2.24) is 5.32 Å². The zero-order valence-corrected chi connectivity index (χ0v) is 11.7. The second kappa shape index (κ2) is 8.16. The molecule has 0 saturated heterocycles. The summed E-state index contributed by atoms with van der Waals surface area (Å²) in [6.07, 6.45) is -0.969. The smallest absolute Gasteiger partial charge is 0.408 e. The number of hydrogen-bond acceptors (Lipinski definition) is 5. The van der Waals surface area contributed by atoms with Gasteiger partial charge in [-0.25, -0.2) is 9.59 Å². The fourth-order valence-electron chi connectivity index (χ4n) is 1.44. The highest BCUT2D eigenvalue weighted by molar-refractivity contribution is 5.81. The molecule has 0 radical (unpaired) electrons. The number of alkyl carbamates (subject to hydrolysis) is 1. The molecule has 0 saturated carbocycles. The van der Waals surface area contributed by atoms with Crippen LogP contribution in [0.4, 0.5) is 4.79 Å². The lowest BCUT2D eigenvalue weighted by molar-refractivity contribution is -0.149. The summed E-state index contributed by atoms with van der Waals surface area (Å²) in [5, 5.41) is 2.38. The minimum Gasteiger partial charge on any atom is -0.461 e. The van der Waals surface area contributed by atoms with Crippen molar-refractivity contribution >= 4 is 12.1 Å². The standard InChI is InChI=1S/C14H20N2O4/c1-10(2)20-13(17)12(8-15)16-14(18)19-9-11-6-4-3-5-7-11/h3-7,10,12H,8-9,15H2,1-2H3,(H,16,18)/t12-/m0/s1. The van der Waals surface area contributed by atoms with Crippen LogP contribution in [-0.4, -0.2) is 30.8 Å². The van der Waals surface area contributed by atoms with Crippen LogP contribution in [0.25, 0.3) is 0 Å². The minimum atomic E-state index is -0.902. The molecule has 0 heterocycles. The fourth-order valence-corrected chi connectivity index (χ4v) is 1.44. The van der Waals surface area contributed by atoms with E-state index in [0.717, 1.165) is 5.56 Å². The highest BCUT2D eigenvalue weighted by Crippen LogP contribution is 2.01. The average molecular weight is 280 g/mol. The van der Waals surface area contributed by atoms with E-state index in [9.17, 15) is 9.59 Å². The molecule has 1 aromatic carbocycles. The Morgan fingerprint density at radius 3 is 2.45 bits per heavy atom. The highest BCUT2D eigenvalue weighted by atomic mass is 16.6. The SMILES string of the molecule is CC(C)OC(=O)[C@H](CN)NC(=O)OCc1ccccc1. The Bertz CT molecular complexity index is 434. The van der Waals surface area contributed by atoms with E-state index in [0.29, 0.717) is 0 Å². The number of hydrogen-bond donors (Lipinski definition) is 2. The maximum absolute atomic E-state index is 11.6. The predicted octanol–water partition coefficient (Wildman–Crippen LogP) is 1.19. The van der Waals surface area contributed by atoms with Gasteiger partial charge in [0.15, 0.2) is 0 Å². The van der Waals surface area contributed by atoms with Crippen LogP contribution < -0.4 is 11.1 Å². The molecule has 0 aliphatic heterocycles. The van der Waals surface area contributed by atoms with Gasteiger partial charge in [-0.1, -0.05) is 30.3 Å². The Kier molecular flexibility index (Phi) is 6.52. The van der Waals surface area contributed by atoms with Crippen LogP contribution in [0.3, 0.4) is 0 Å². The molecule has 0 fully saturated rings. The number of carbonyl (C=O) groups is 2. The first-order valence-corrected chi connectivity index (χ1v) is 6.40. The van der Waals surface area contributed by atoms with E-state index >= 15 is 0 Å². The first-order chi connectivity index (χ1) is 9.52. The molecule has 3 N–H and O–H groups in total. The lowest BCUT2D eigenvalue weighted by Gasteiger charge is -2.17. The fraction of sp³-hybridized carbons (Fsp3) is 0.429. The third kappa shape index (κ3) is 5.71. The van der Waals surface area contributed by atoms with Gasteiger partial charge < -0.3 is 20.5 Å². The van der Waals surface area contributed by atoms with E-state index < -0.39 is 18.1 Å². The number of benzene rings is 1. The number of ether oxygens (including phenoxy) is 2. The zero-order chi connectivity index (χ0) is 15.0. The maximum atomic E-state index is 11.6. The average Bonchev–Trinajstić information content (AvgIpc) is 2.42. The first-order valence-electron chi connectivity index (χ1n) is 6.40. The summed E-state index contributed by atoms with van der Waals surface area (Å²) in [6.45, 7) is 3.52. The summed E-state index contributed by atoms with van der Waals surface area (Å²) < 4.78 is 9.98. The normalized spacial score (nSPS) is 11.8. The molecule has 6 heteroatoms. The molecule has 1 amide bonds. The molecule has 20 heavy (non-hydrogen) atoms. The van der Waals surface area contributed by atoms with E-state index in [1.807, 2.05) is 30.3 Å². The van der Waals surface area contributed by atoms with Crippen molar-refractivity contribution in [2.45, 2.75) is 32.6 Å². The van der Waals surface area contributed by atoms with E-state index in [-0.39, 0.29) is 19.3 Å². The molecule has 0 bridgehead atoms. The summed E-state index contributed by atoms with van der Waals surface area (Å²) >= 11 is 0. The number of carbonyl (C=O) groups excluding carboxylic acids is 2. The molecule has 1 rings (SSSR count). The van der Waals surface area contributed by atoms with Crippen molar-refractivity contribution < 1.29 is 19.1 Å². The maximum Gasteiger partial charge on any atom is 0.408 e. The quantitative estimate of drug-likeness (QED) is 0.764. The molecule has 1 atom stereocenters. The third-order valence-corrected chi connectivity index (χ3v) is 2.38. The number of nitrogens with two attached hydrogens (primary N) is 1. The second-order valence-corrected chi connectivity index (χ2v) is 4.48. The number of rotatable bonds is 6. The van der Waals surface area contributed by atoms with E-state index in [1.54, 1.807) is 13.8 Å². The molecule has 0 aliphatic carbocycles. The lowest BCUT2D eigenvalue weighted by atomic mass is 10.2. The lowest BCUT2D eigenvalue weighted by Crippen LogP contribution is -2.47. The van der Waals surface area contributed by atoms with Gasteiger partial charge in [-0.05, 0) is 19.4 Å². The van der Waals surface area contributed by atoms with Gasteiger partial charge in [0.25, 0.3) is 0 Å². The van der Waals surface area contributed by atoms with Crippen LogP contribution in [0.1, 0.15) is 19.4 Å². The van der Waals surface area contributed by atoms with E-state index in [1.165, 1.54) is 0 Å². The van der Waals surface area contributed by atoms with Gasteiger partial charge in [0.2, 0.25) is 0 Å². The Hall–Kier alpha value is -2.08. The number of amides is 1. The molecular formula is C14H20N2O4. The van der Waals surface area contributed by atoms with E-state index in [4.69, 9.17) is 15.2 Å². The second-order valence-electron chi connectivity index (χ2n) is 4.48. The summed E-state index contributed by atoms with van der Waals surface area (Å²) in [5.41, 5.74) is 6.29. The van der Waals surface area contributed by atoms with Crippen molar-refractivity contribution in [3.05, 3.63) is 35.9 Å². The summed E-state index contributed by atoms with van der Waals surface area (Å²) in [6, 6.07) is 8.33. The van der Waals surface area contributed by atoms with Crippen molar-refractivity contribution in [2.24, 2.45) is 5.73 Å². The highest BCUT2D eigenvalue weighted by Gasteiger charge is 2.22. The van der Waals surface area contributed by atoms with Gasteiger partial charge in [0, 0.05) is 6.54 Å². The molecule has 0 aliphatic rings. The van der Waals surface area contributed by atoms with Crippen molar-refractivity contribution in [3.63, 3.8) is 0 Å². The largest absolute Gasteiger partial charge is 0.461 e.